The van der Waals surface area contributed by atoms with Crippen LogP contribution < -0.4 is 0 Å². The molecule has 4 heteroatoms. The number of aliphatic hydroxyl groups is 2. The molecule has 90 valence electrons. The van der Waals surface area contributed by atoms with Gasteiger partial charge in [-0.05, 0) is 18.9 Å². The minimum Gasteiger partial charge on any atom is -0.387 e. The molecule has 0 bridgehead atoms. The Morgan fingerprint density at radius 2 is 1.81 bits per heavy atom. The molecule has 1 atom stereocenters. The van der Waals surface area contributed by atoms with Crippen molar-refractivity contribution < 1.29 is 19.0 Å². The van der Waals surface area contributed by atoms with Gasteiger partial charge in [0.25, 0.3) is 0 Å². The fraction of sp³-hybridized carbons (Fsp3) is 0.500. The summed E-state index contributed by atoms with van der Waals surface area (Å²) in [6.45, 7) is 3.37. The number of benzene rings is 1. The smallest absolute Gasteiger partial charge is 0.164 e. The van der Waals surface area contributed by atoms with Crippen molar-refractivity contribution in [3.63, 3.8) is 0 Å². The lowest BCUT2D eigenvalue weighted by molar-refractivity contribution is -0.0836. The first-order chi connectivity index (χ1) is 7.46. The van der Waals surface area contributed by atoms with E-state index in [-0.39, 0.29) is 18.4 Å². The largest absolute Gasteiger partial charge is 0.387 e. The molecule has 0 aliphatic heterocycles. The van der Waals surface area contributed by atoms with Crippen molar-refractivity contribution in [2.24, 2.45) is 0 Å². The summed E-state index contributed by atoms with van der Waals surface area (Å²) in [5.74, 6) is -2.12. The van der Waals surface area contributed by atoms with Gasteiger partial charge in [-0.25, -0.2) is 8.78 Å². The van der Waals surface area contributed by atoms with Gasteiger partial charge in [-0.2, -0.15) is 0 Å². The molecule has 0 saturated carbocycles. The monoisotopic (exact) mass is 230 g/mol. The van der Waals surface area contributed by atoms with Crippen LogP contribution in [0.2, 0.25) is 0 Å². The van der Waals surface area contributed by atoms with E-state index in [1.807, 2.05) is 0 Å². The zero-order valence-corrected chi connectivity index (χ0v) is 9.37. The van der Waals surface area contributed by atoms with Crippen molar-refractivity contribution in [1.29, 1.82) is 0 Å². The van der Waals surface area contributed by atoms with Gasteiger partial charge in [-0.15, -0.1) is 0 Å². The van der Waals surface area contributed by atoms with Crippen LogP contribution in [-0.2, 0) is 0 Å². The van der Waals surface area contributed by atoms with Crippen LogP contribution in [0.25, 0.3) is 0 Å². The lowest BCUT2D eigenvalue weighted by atomic mass is 9.86. The van der Waals surface area contributed by atoms with Crippen LogP contribution in [0.15, 0.2) is 18.2 Å². The first-order valence-corrected chi connectivity index (χ1v) is 5.30. The van der Waals surface area contributed by atoms with E-state index in [1.165, 1.54) is 12.1 Å². The fourth-order valence-corrected chi connectivity index (χ4v) is 1.66. The summed E-state index contributed by atoms with van der Waals surface area (Å²) in [4.78, 5) is 0. The number of hydrogen-bond donors (Lipinski definition) is 2. The van der Waals surface area contributed by atoms with E-state index in [2.05, 4.69) is 0 Å². The Morgan fingerprint density at radius 1 is 1.25 bits per heavy atom. The Labute approximate surface area is 93.5 Å². The number of rotatable bonds is 4. The Hall–Kier alpha value is -1.00. The molecular weight excluding hydrogens is 214 g/mol. The summed E-state index contributed by atoms with van der Waals surface area (Å²) in [5, 5.41) is 19.9. The molecule has 0 aliphatic carbocycles. The summed E-state index contributed by atoms with van der Waals surface area (Å²) in [5.41, 5.74) is -1.62. The van der Waals surface area contributed by atoms with Crippen molar-refractivity contribution in [2.75, 3.05) is 0 Å². The van der Waals surface area contributed by atoms with E-state index in [9.17, 15) is 19.0 Å². The molecule has 1 rings (SSSR count). The average Bonchev–Trinajstić information content (AvgIpc) is 2.31. The normalized spacial score (nSPS) is 13.9. The quantitative estimate of drug-likeness (QED) is 0.834. The van der Waals surface area contributed by atoms with Gasteiger partial charge >= 0.3 is 0 Å². The summed E-state index contributed by atoms with van der Waals surface area (Å²) in [7, 11) is 0. The third-order valence-corrected chi connectivity index (χ3v) is 3.01. The molecule has 0 amide bonds. The Morgan fingerprint density at radius 3 is 2.31 bits per heavy atom. The standard InChI is InChI=1S/C12H16F2O2/c1-3-12(16,4-2)11(15)8-6-5-7-9(13)10(8)14/h5-7,11,15-16H,3-4H2,1-2H3. The van der Waals surface area contributed by atoms with Crippen LogP contribution in [0.1, 0.15) is 38.4 Å². The molecule has 0 spiro atoms. The minimum absolute atomic E-state index is 0.203. The van der Waals surface area contributed by atoms with Gasteiger partial charge < -0.3 is 10.2 Å². The Bertz CT molecular complexity index is 362. The molecule has 1 aromatic carbocycles. The molecule has 0 fully saturated rings. The van der Waals surface area contributed by atoms with Gasteiger partial charge in [0, 0.05) is 5.56 Å². The lowest BCUT2D eigenvalue weighted by Crippen LogP contribution is -2.35. The van der Waals surface area contributed by atoms with Crippen molar-refractivity contribution >= 4 is 0 Å². The second-order valence-electron chi connectivity index (χ2n) is 3.86. The highest BCUT2D eigenvalue weighted by atomic mass is 19.2. The van der Waals surface area contributed by atoms with E-state index < -0.39 is 23.3 Å². The van der Waals surface area contributed by atoms with Gasteiger partial charge in [0.05, 0.1) is 5.60 Å². The number of halogens is 2. The minimum atomic E-state index is -1.42. The second-order valence-corrected chi connectivity index (χ2v) is 3.86. The zero-order valence-electron chi connectivity index (χ0n) is 9.37. The first-order valence-electron chi connectivity index (χ1n) is 5.30. The Balaban J connectivity index is 3.13. The summed E-state index contributed by atoms with van der Waals surface area (Å²) < 4.78 is 26.4. The number of hydrogen-bond acceptors (Lipinski definition) is 2. The molecule has 2 N–H and O–H groups in total. The molecule has 1 aromatic rings. The fourth-order valence-electron chi connectivity index (χ4n) is 1.66. The highest BCUT2D eigenvalue weighted by Crippen LogP contribution is 2.33. The highest BCUT2D eigenvalue weighted by Gasteiger charge is 2.35. The van der Waals surface area contributed by atoms with E-state index in [4.69, 9.17) is 0 Å². The maximum atomic E-state index is 13.4. The third-order valence-electron chi connectivity index (χ3n) is 3.01. The molecule has 2 nitrogen and oxygen atoms in total. The summed E-state index contributed by atoms with van der Waals surface area (Å²) >= 11 is 0. The topological polar surface area (TPSA) is 40.5 Å². The SMILES string of the molecule is CCC(O)(CC)C(O)c1cccc(F)c1F. The highest BCUT2D eigenvalue weighted by molar-refractivity contribution is 5.23. The van der Waals surface area contributed by atoms with E-state index in [0.29, 0.717) is 0 Å². The molecule has 0 radical (unpaired) electrons. The summed E-state index contributed by atoms with van der Waals surface area (Å²) in [6.07, 6.45) is -0.889. The van der Waals surface area contributed by atoms with Crippen LogP contribution in [0.3, 0.4) is 0 Å². The zero-order chi connectivity index (χ0) is 12.3. The number of aliphatic hydroxyl groups excluding tert-OH is 1. The van der Waals surface area contributed by atoms with Crippen molar-refractivity contribution in [2.45, 2.75) is 38.4 Å². The molecular formula is C12H16F2O2. The molecule has 1 unspecified atom stereocenters. The van der Waals surface area contributed by atoms with Gasteiger partial charge in [0.15, 0.2) is 11.6 Å². The van der Waals surface area contributed by atoms with E-state index in [1.54, 1.807) is 13.8 Å². The Kier molecular flexibility index (Phi) is 3.99. The van der Waals surface area contributed by atoms with Gasteiger partial charge in [-0.3, -0.25) is 0 Å². The molecule has 16 heavy (non-hydrogen) atoms. The van der Waals surface area contributed by atoms with Crippen LogP contribution in [0, 0.1) is 11.6 Å². The van der Waals surface area contributed by atoms with E-state index in [0.717, 1.165) is 6.07 Å². The van der Waals surface area contributed by atoms with Gasteiger partial charge in [-0.1, -0.05) is 26.0 Å². The van der Waals surface area contributed by atoms with Crippen LogP contribution >= 0.6 is 0 Å². The lowest BCUT2D eigenvalue weighted by Gasteiger charge is -2.31. The average molecular weight is 230 g/mol. The molecule has 0 heterocycles. The predicted molar refractivity (Wildman–Crippen MR) is 56.8 cm³/mol. The van der Waals surface area contributed by atoms with E-state index >= 15 is 0 Å². The second kappa shape index (κ2) is 4.89. The third kappa shape index (κ3) is 2.23. The predicted octanol–water partition coefficient (Wildman–Crippen LogP) is 2.55. The van der Waals surface area contributed by atoms with Crippen molar-refractivity contribution in [3.05, 3.63) is 35.4 Å². The first kappa shape index (κ1) is 13.1. The van der Waals surface area contributed by atoms with Crippen molar-refractivity contribution in [3.8, 4) is 0 Å². The van der Waals surface area contributed by atoms with Crippen LogP contribution in [0.5, 0.6) is 0 Å². The molecule has 0 saturated heterocycles. The molecule has 0 aromatic heterocycles. The van der Waals surface area contributed by atoms with Crippen LogP contribution in [-0.4, -0.2) is 15.8 Å². The van der Waals surface area contributed by atoms with Gasteiger partial charge in [0.1, 0.15) is 6.10 Å². The van der Waals surface area contributed by atoms with Crippen molar-refractivity contribution in [1.82, 2.24) is 0 Å². The maximum Gasteiger partial charge on any atom is 0.164 e. The van der Waals surface area contributed by atoms with Gasteiger partial charge in [0.2, 0.25) is 0 Å². The van der Waals surface area contributed by atoms with Crippen LogP contribution in [0.4, 0.5) is 8.78 Å². The summed E-state index contributed by atoms with van der Waals surface area (Å²) in [6, 6.07) is 3.56. The molecule has 0 aliphatic rings. The maximum absolute atomic E-state index is 13.4.